The van der Waals surface area contributed by atoms with Crippen LogP contribution < -0.4 is 10.2 Å². The van der Waals surface area contributed by atoms with Crippen LogP contribution in [0.15, 0.2) is 42.5 Å². The van der Waals surface area contributed by atoms with E-state index in [2.05, 4.69) is 35.3 Å². The third-order valence-electron chi connectivity index (χ3n) is 4.96. The van der Waals surface area contributed by atoms with Crippen molar-refractivity contribution in [2.45, 2.75) is 20.3 Å². The summed E-state index contributed by atoms with van der Waals surface area (Å²) in [5, 5.41) is 4.05. The van der Waals surface area contributed by atoms with Gasteiger partial charge in [0.2, 0.25) is 0 Å². The molecule has 1 aliphatic rings. The summed E-state index contributed by atoms with van der Waals surface area (Å²) in [6.45, 7) is 7.21. The molecule has 4 rings (SSSR count). The van der Waals surface area contributed by atoms with E-state index in [1.54, 1.807) is 11.3 Å². The molecule has 3 aromatic rings. The van der Waals surface area contributed by atoms with Crippen LogP contribution in [0.5, 0.6) is 0 Å². The molecule has 0 unspecified atom stereocenters. The molecule has 2 amide bonds. The number of piperazine rings is 1. The Hall–Kier alpha value is -2.60. The lowest BCUT2D eigenvalue weighted by Gasteiger charge is -2.34. The molecule has 140 valence electrons. The first-order chi connectivity index (χ1) is 13.1. The number of thiazole rings is 1. The molecule has 6 heteroatoms. The van der Waals surface area contributed by atoms with Gasteiger partial charge in [0.15, 0.2) is 5.13 Å². The number of aromatic nitrogens is 1. The van der Waals surface area contributed by atoms with E-state index in [4.69, 9.17) is 4.98 Å². The zero-order valence-electron chi connectivity index (χ0n) is 15.7. The lowest BCUT2D eigenvalue weighted by Crippen LogP contribution is -2.50. The SMILES string of the molecule is CCc1ccc2nc(N3CCN(C(=O)Nc4cccc(C)c4)CC3)sc2c1. The van der Waals surface area contributed by atoms with Crippen LogP contribution in [-0.2, 0) is 6.42 Å². The standard InChI is InChI=1S/C21H24N4OS/c1-3-16-7-8-18-19(14-16)27-21(23-18)25-11-9-24(10-12-25)20(26)22-17-6-4-5-15(2)13-17/h4-8,13-14H,3,9-12H2,1-2H3,(H,22,26). The normalized spacial score (nSPS) is 14.6. The second-order valence-corrected chi connectivity index (χ2v) is 7.93. The summed E-state index contributed by atoms with van der Waals surface area (Å²) >= 11 is 1.74. The maximum absolute atomic E-state index is 12.5. The van der Waals surface area contributed by atoms with Crippen LogP contribution in [0.25, 0.3) is 10.2 Å². The van der Waals surface area contributed by atoms with E-state index in [0.29, 0.717) is 13.1 Å². The van der Waals surface area contributed by atoms with Crippen molar-refractivity contribution in [3.63, 3.8) is 0 Å². The zero-order valence-corrected chi connectivity index (χ0v) is 16.6. The van der Waals surface area contributed by atoms with Gasteiger partial charge < -0.3 is 15.1 Å². The number of benzene rings is 2. The smallest absolute Gasteiger partial charge is 0.321 e. The summed E-state index contributed by atoms with van der Waals surface area (Å²) in [5.41, 5.74) is 4.39. The highest BCUT2D eigenvalue weighted by molar-refractivity contribution is 7.22. The summed E-state index contributed by atoms with van der Waals surface area (Å²) in [4.78, 5) is 21.5. The van der Waals surface area contributed by atoms with Crippen LogP contribution >= 0.6 is 11.3 Å². The number of rotatable bonds is 3. The molecule has 0 radical (unpaired) electrons. The van der Waals surface area contributed by atoms with Crippen LogP contribution in [0.1, 0.15) is 18.1 Å². The van der Waals surface area contributed by atoms with Crippen molar-refractivity contribution in [1.82, 2.24) is 9.88 Å². The van der Waals surface area contributed by atoms with Gasteiger partial charge in [0, 0.05) is 31.9 Å². The van der Waals surface area contributed by atoms with Crippen molar-refractivity contribution in [2.75, 3.05) is 36.4 Å². The van der Waals surface area contributed by atoms with Crippen molar-refractivity contribution >= 4 is 38.4 Å². The lowest BCUT2D eigenvalue weighted by atomic mass is 10.2. The molecule has 1 aliphatic heterocycles. The number of hydrogen-bond acceptors (Lipinski definition) is 4. The number of anilines is 2. The van der Waals surface area contributed by atoms with Crippen molar-refractivity contribution in [1.29, 1.82) is 0 Å². The number of carbonyl (C=O) groups excluding carboxylic acids is 1. The molecule has 0 spiro atoms. The first-order valence-electron chi connectivity index (χ1n) is 9.39. The molecule has 2 aromatic carbocycles. The Kier molecular flexibility index (Phi) is 4.99. The van der Waals surface area contributed by atoms with Crippen molar-refractivity contribution < 1.29 is 4.79 Å². The monoisotopic (exact) mass is 380 g/mol. The van der Waals surface area contributed by atoms with Crippen LogP contribution in [-0.4, -0.2) is 42.1 Å². The van der Waals surface area contributed by atoms with Gasteiger partial charge in [-0.15, -0.1) is 0 Å². The molecular weight excluding hydrogens is 356 g/mol. The minimum atomic E-state index is -0.0304. The Bertz CT molecular complexity index is 960. The molecule has 5 nitrogen and oxygen atoms in total. The molecule has 1 N–H and O–H groups in total. The summed E-state index contributed by atoms with van der Waals surface area (Å²) in [5.74, 6) is 0. The van der Waals surface area contributed by atoms with Crippen LogP contribution in [0, 0.1) is 6.92 Å². The van der Waals surface area contributed by atoms with Crippen LogP contribution in [0.4, 0.5) is 15.6 Å². The van der Waals surface area contributed by atoms with Crippen molar-refractivity contribution in [3.05, 3.63) is 53.6 Å². The van der Waals surface area contributed by atoms with Gasteiger partial charge in [-0.3, -0.25) is 0 Å². The Morgan fingerprint density at radius 2 is 1.96 bits per heavy atom. The molecule has 1 saturated heterocycles. The number of nitrogens with zero attached hydrogens (tertiary/aromatic N) is 3. The highest BCUT2D eigenvalue weighted by Gasteiger charge is 2.23. The predicted molar refractivity (Wildman–Crippen MR) is 113 cm³/mol. The molecule has 27 heavy (non-hydrogen) atoms. The zero-order chi connectivity index (χ0) is 18.8. The van der Waals surface area contributed by atoms with Gasteiger partial charge in [-0.2, -0.15) is 0 Å². The molecule has 0 saturated carbocycles. The Balaban J connectivity index is 1.39. The van der Waals surface area contributed by atoms with Gasteiger partial charge in [-0.25, -0.2) is 9.78 Å². The predicted octanol–water partition coefficient (Wildman–Crippen LogP) is 4.52. The maximum Gasteiger partial charge on any atom is 0.321 e. The Labute approximate surface area is 163 Å². The molecule has 0 atom stereocenters. The number of nitrogens with one attached hydrogen (secondary N) is 1. The van der Waals surface area contributed by atoms with Gasteiger partial charge >= 0.3 is 6.03 Å². The largest absolute Gasteiger partial charge is 0.345 e. The maximum atomic E-state index is 12.5. The van der Waals surface area contributed by atoms with Crippen LogP contribution in [0.2, 0.25) is 0 Å². The van der Waals surface area contributed by atoms with E-state index >= 15 is 0 Å². The van der Waals surface area contributed by atoms with E-state index < -0.39 is 0 Å². The lowest BCUT2D eigenvalue weighted by molar-refractivity contribution is 0.208. The average molecular weight is 381 g/mol. The van der Waals surface area contributed by atoms with E-state index in [0.717, 1.165) is 41.4 Å². The fraction of sp³-hybridized carbons (Fsp3) is 0.333. The van der Waals surface area contributed by atoms with Gasteiger partial charge in [-0.05, 0) is 48.7 Å². The van der Waals surface area contributed by atoms with Gasteiger partial charge in [0.1, 0.15) is 0 Å². The third-order valence-corrected chi connectivity index (χ3v) is 6.04. The molecular formula is C21H24N4OS. The van der Waals surface area contributed by atoms with Gasteiger partial charge in [0.25, 0.3) is 0 Å². The minimum Gasteiger partial charge on any atom is -0.345 e. The van der Waals surface area contributed by atoms with Crippen LogP contribution in [0.3, 0.4) is 0 Å². The summed E-state index contributed by atoms with van der Waals surface area (Å²) in [6.07, 6.45) is 1.04. The fourth-order valence-electron chi connectivity index (χ4n) is 3.34. The molecule has 2 heterocycles. The summed E-state index contributed by atoms with van der Waals surface area (Å²) in [7, 11) is 0. The van der Waals surface area contributed by atoms with Crippen molar-refractivity contribution in [3.8, 4) is 0 Å². The number of urea groups is 1. The van der Waals surface area contributed by atoms with E-state index in [1.165, 1.54) is 10.3 Å². The second-order valence-electron chi connectivity index (χ2n) is 6.93. The summed E-state index contributed by atoms with van der Waals surface area (Å²) < 4.78 is 1.24. The van der Waals surface area contributed by atoms with E-state index in [9.17, 15) is 4.79 Å². The first kappa shape index (κ1) is 17.8. The number of carbonyl (C=O) groups is 1. The molecule has 0 aliphatic carbocycles. The third kappa shape index (κ3) is 3.90. The topological polar surface area (TPSA) is 48.5 Å². The second kappa shape index (κ2) is 7.56. The number of fused-ring (bicyclic) bond motifs is 1. The number of amides is 2. The molecule has 1 aromatic heterocycles. The quantitative estimate of drug-likeness (QED) is 0.727. The number of aryl methyl sites for hydroxylation is 2. The van der Waals surface area contributed by atoms with Gasteiger partial charge in [0.05, 0.1) is 10.2 Å². The molecule has 1 fully saturated rings. The fourth-order valence-corrected chi connectivity index (χ4v) is 4.42. The van der Waals surface area contributed by atoms with Crippen molar-refractivity contribution in [2.24, 2.45) is 0 Å². The summed E-state index contributed by atoms with van der Waals surface area (Å²) in [6, 6.07) is 14.4. The molecule has 0 bridgehead atoms. The number of hydrogen-bond donors (Lipinski definition) is 1. The highest BCUT2D eigenvalue weighted by Crippen LogP contribution is 2.30. The highest BCUT2D eigenvalue weighted by atomic mass is 32.1. The van der Waals surface area contributed by atoms with E-state index in [1.807, 2.05) is 36.1 Å². The average Bonchev–Trinajstić information content (AvgIpc) is 3.11. The first-order valence-corrected chi connectivity index (χ1v) is 10.2. The van der Waals surface area contributed by atoms with E-state index in [-0.39, 0.29) is 6.03 Å². The van der Waals surface area contributed by atoms with Gasteiger partial charge in [-0.1, -0.05) is 36.5 Å². The minimum absolute atomic E-state index is 0.0304. The Morgan fingerprint density at radius 1 is 1.15 bits per heavy atom. The Morgan fingerprint density at radius 3 is 2.70 bits per heavy atom.